The molecule has 0 aromatic heterocycles. The third-order valence-electron chi connectivity index (χ3n) is 4.99. The average molecular weight is 362 g/mol. The van der Waals surface area contributed by atoms with Crippen molar-refractivity contribution >= 4 is 6.03 Å². The number of hydrogen-bond donors (Lipinski definition) is 1. The molecule has 1 aromatic rings. The van der Waals surface area contributed by atoms with Gasteiger partial charge in [-0.1, -0.05) is 24.3 Å². The quantitative estimate of drug-likeness (QED) is 0.774. The van der Waals surface area contributed by atoms with Crippen molar-refractivity contribution in [2.45, 2.75) is 45.7 Å². The van der Waals surface area contributed by atoms with Crippen LogP contribution in [0.1, 0.15) is 37.8 Å². The fourth-order valence-electron chi connectivity index (χ4n) is 3.43. The van der Waals surface area contributed by atoms with E-state index in [1.54, 1.807) is 7.11 Å². The van der Waals surface area contributed by atoms with Crippen molar-refractivity contribution in [2.24, 2.45) is 5.92 Å². The summed E-state index contributed by atoms with van der Waals surface area (Å²) in [4.78, 5) is 16.3. The lowest BCUT2D eigenvalue weighted by Crippen LogP contribution is -2.46. The minimum absolute atomic E-state index is 0.0837. The Morgan fingerprint density at radius 1 is 1.23 bits per heavy atom. The Hall–Kier alpha value is -1.59. The Balaban J connectivity index is 1.75. The summed E-state index contributed by atoms with van der Waals surface area (Å²) in [5.41, 5.74) is 2.74. The number of methoxy groups -OCH3 is 1. The molecule has 0 spiro atoms. The Morgan fingerprint density at radius 3 is 2.42 bits per heavy atom. The fourth-order valence-corrected chi connectivity index (χ4v) is 3.43. The molecule has 1 fully saturated rings. The highest BCUT2D eigenvalue weighted by atomic mass is 16.5. The van der Waals surface area contributed by atoms with E-state index in [9.17, 15) is 4.79 Å². The van der Waals surface area contributed by atoms with Gasteiger partial charge >= 0.3 is 6.03 Å². The number of carbonyl (C=O) groups is 1. The van der Waals surface area contributed by atoms with E-state index in [0.29, 0.717) is 5.92 Å². The van der Waals surface area contributed by atoms with Gasteiger partial charge in [-0.3, -0.25) is 4.90 Å². The predicted octanol–water partition coefficient (Wildman–Crippen LogP) is 3.14. The second-order valence-corrected chi connectivity index (χ2v) is 7.79. The lowest BCUT2D eigenvalue weighted by Gasteiger charge is -2.32. The molecule has 0 atom stereocenters. The van der Waals surface area contributed by atoms with Crippen LogP contribution in [0.15, 0.2) is 24.3 Å². The number of likely N-dealkylation sites (tertiary alicyclic amines) is 1. The lowest BCUT2D eigenvalue weighted by atomic mass is 9.90. The number of benzene rings is 1. The van der Waals surface area contributed by atoms with Gasteiger partial charge in [-0.2, -0.15) is 0 Å². The Labute approximate surface area is 158 Å². The van der Waals surface area contributed by atoms with Gasteiger partial charge in [-0.05, 0) is 57.2 Å². The standard InChI is InChI=1S/C21H35N3O2/c1-17(2)22-21(25)24-11-9-19(10-12-24)15-18-5-7-20(8-6-18)16-23(3)13-14-26-4/h5-8,17,19H,9-16H2,1-4H3,(H,22,25). The van der Waals surface area contributed by atoms with Crippen molar-refractivity contribution < 1.29 is 9.53 Å². The van der Waals surface area contributed by atoms with Crippen molar-refractivity contribution in [1.29, 1.82) is 0 Å². The van der Waals surface area contributed by atoms with Crippen molar-refractivity contribution in [1.82, 2.24) is 15.1 Å². The monoisotopic (exact) mass is 361 g/mol. The zero-order valence-corrected chi connectivity index (χ0v) is 16.8. The second-order valence-electron chi connectivity index (χ2n) is 7.79. The number of nitrogens with zero attached hydrogens (tertiary/aromatic N) is 2. The van der Waals surface area contributed by atoms with Crippen LogP contribution in [-0.2, 0) is 17.7 Å². The molecule has 0 bridgehead atoms. The molecule has 146 valence electrons. The SMILES string of the molecule is COCCN(C)Cc1ccc(CC2CCN(C(=O)NC(C)C)CC2)cc1. The summed E-state index contributed by atoms with van der Waals surface area (Å²) in [6.45, 7) is 8.40. The van der Waals surface area contributed by atoms with Gasteiger partial charge < -0.3 is 15.0 Å². The highest BCUT2D eigenvalue weighted by Gasteiger charge is 2.23. The molecular formula is C21H35N3O2. The van der Waals surface area contributed by atoms with E-state index in [1.807, 2.05) is 18.7 Å². The predicted molar refractivity (Wildman–Crippen MR) is 106 cm³/mol. The number of piperidine rings is 1. The largest absolute Gasteiger partial charge is 0.383 e. The maximum Gasteiger partial charge on any atom is 0.317 e. The van der Waals surface area contributed by atoms with Crippen molar-refractivity contribution in [3.05, 3.63) is 35.4 Å². The number of urea groups is 1. The van der Waals surface area contributed by atoms with Crippen molar-refractivity contribution in [2.75, 3.05) is 40.4 Å². The number of nitrogens with one attached hydrogen (secondary N) is 1. The van der Waals surface area contributed by atoms with Crippen LogP contribution in [0.5, 0.6) is 0 Å². The minimum atomic E-state index is 0.0837. The first kappa shape index (κ1) is 20.7. The zero-order valence-electron chi connectivity index (χ0n) is 16.8. The number of amides is 2. The van der Waals surface area contributed by atoms with Gasteiger partial charge in [0.05, 0.1) is 6.61 Å². The molecule has 5 nitrogen and oxygen atoms in total. The second kappa shape index (κ2) is 10.5. The first-order chi connectivity index (χ1) is 12.5. The van der Waals surface area contributed by atoms with Gasteiger partial charge in [-0.15, -0.1) is 0 Å². The lowest BCUT2D eigenvalue weighted by molar-refractivity contribution is 0.158. The maximum atomic E-state index is 12.1. The van der Waals surface area contributed by atoms with Crippen LogP contribution in [0.3, 0.4) is 0 Å². The van der Waals surface area contributed by atoms with Gasteiger partial charge in [0.2, 0.25) is 0 Å². The van der Waals surface area contributed by atoms with Gasteiger partial charge in [0.1, 0.15) is 0 Å². The Bertz CT molecular complexity index is 537. The molecule has 1 aliphatic rings. The van der Waals surface area contributed by atoms with E-state index in [2.05, 4.69) is 41.5 Å². The topological polar surface area (TPSA) is 44.8 Å². The van der Waals surface area contributed by atoms with Crippen molar-refractivity contribution in [3.8, 4) is 0 Å². The fraction of sp³-hybridized carbons (Fsp3) is 0.667. The summed E-state index contributed by atoms with van der Waals surface area (Å²) in [5, 5.41) is 2.99. The van der Waals surface area contributed by atoms with Crippen LogP contribution in [0.2, 0.25) is 0 Å². The molecule has 0 radical (unpaired) electrons. The first-order valence-electron chi connectivity index (χ1n) is 9.78. The molecular weight excluding hydrogens is 326 g/mol. The molecule has 1 N–H and O–H groups in total. The number of likely N-dealkylation sites (N-methyl/N-ethyl adjacent to an activating group) is 1. The summed E-state index contributed by atoms with van der Waals surface area (Å²) in [6.07, 6.45) is 3.29. The van der Waals surface area contributed by atoms with Crippen LogP contribution in [-0.4, -0.2) is 62.3 Å². The minimum Gasteiger partial charge on any atom is -0.383 e. The van der Waals surface area contributed by atoms with Crippen LogP contribution in [0.4, 0.5) is 4.79 Å². The van der Waals surface area contributed by atoms with E-state index < -0.39 is 0 Å². The molecule has 26 heavy (non-hydrogen) atoms. The number of hydrogen-bond acceptors (Lipinski definition) is 3. The van der Waals surface area contributed by atoms with Gasteiger partial charge in [0.25, 0.3) is 0 Å². The van der Waals surface area contributed by atoms with Crippen LogP contribution < -0.4 is 5.32 Å². The smallest absolute Gasteiger partial charge is 0.317 e. The van der Waals surface area contributed by atoms with Crippen LogP contribution in [0.25, 0.3) is 0 Å². The third-order valence-corrected chi connectivity index (χ3v) is 4.99. The van der Waals surface area contributed by atoms with E-state index >= 15 is 0 Å². The van der Waals surface area contributed by atoms with Crippen LogP contribution in [0, 0.1) is 5.92 Å². The zero-order chi connectivity index (χ0) is 18.9. The summed E-state index contributed by atoms with van der Waals surface area (Å²) >= 11 is 0. The molecule has 0 saturated carbocycles. The van der Waals surface area contributed by atoms with Crippen LogP contribution >= 0.6 is 0 Å². The third kappa shape index (κ3) is 6.96. The molecule has 1 saturated heterocycles. The summed E-state index contributed by atoms with van der Waals surface area (Å²) in [7, 11) is 3.86. The summed E-state index contributed by atoms with van der Waals surface area (Å²) in [6, 6.07) is 9.29. The molecule has 0 unspecified atom stereocenters. The number of carbonyl (C=O) groups excluding carboxylic acids is 1. The van der Waals surface area contributed by atoms with E-state index in [-0.39, 0.29) is 12.1 Å². The Kier molecular flexibility index (Phi) is 8.39. The molecule has 0 aliphatic carbocycles. The maximum absolute atomic E-state index is 12.1. The molecule has 1 aromatic carbocycles. The summed E-state index contributed by atoms with van der Waals surface area (Å²) in [5.74, 6) is 0.674. The molecule has 1 aliphatic heterocycles. The van der Waals surface area contributed by atoms with Gasteiger partial charge in [0, 0.05) is 39.3 Å². The highest BCUT2D eigenvalue weighted by molar-refractivity contribution is 5.74. The van der Waals surface area contributed by atoms with E-state index in [4.69, 9.17) is 4.74 Å². The van der Waals surface area contributed by atoms with Gasteiger partial charge in [0.15, 0.2) is 0 Å². The Morgan fingerprint density at radius 2 is 1.85 bits per heavy atom. The molecule has 2 amide bonds. The van der Waals surface area contributed by atoms with Gasteiger partial charge in [-0.25, -0.2) is 4.79 Å². The van der Waals surface area contributed by atoms with Crippen molar-refractivity contribution in [3.63, 3.8) is 0 Å². The van der Waals surface area contributed by atoms with E-state index in [0.717, 1.165) is 52.0 Å². The average Bonchev–Trinajstić information content (AvgIpc) is 2.61. The summed E-state index contributed by atoms with van der Waals surface area (Å²) < 4.78 is 5.12. The number of rotatable bonds is 8. The molecule has 2 rings (SSSR count). The molecule has 5 heteroatoms. The number of ether oxygens (including phenoxy) is 1. The highest BCUT2D eigenvalue weighted by Crippen LogP contribution is 2.22. The normalized spacial score (nSPS) is 15.7. The molecule has 1 heterocycles. The first-order valence-corrected chi connectivity index (χ1v) is 9.78. The van der Waals surface area contributed by atoms with E-state index in [1.165, 1.54) is 11.1 Å².